The molecule has 0 aliphatic carbocycles. The number of nitrogens with zero attached hydrogens (tertiary/aromatic N) is 1. The van der Waals surface area contributed by atoms with E-state index in [2.05, 4.69) is 4.90 Å². The summed E-state index contributed by atoms with van der Waals surface area (Å²) in [5.41, 5.74) is -0.123. The van der Waals surface area contributed by atoms with Gasteiger partial charge in [-0.15, -0.1) is 0 Å². The number of rotatable bonds is 6. The van der Waals surface area contributed by atoms with E-state index in [0.29, 0.717) is 11.6 Å². The Morgan fingerprint density at radius 2 is 1.67 bits per heavy atom. The molecular weight excluding hydrogens is 392 g/mol. The maximum absolute atomic E-state index is 14.4. The van der Waals surface area contributed by atoms with Crippen molar-refractivity contribution in [3.63, 3.8) is 0 Å². The standard InChI is InChI=1S/C20H22ClF2NO2S/c21-15-4-7-17(8-5-15)27(25,26)20(10-13-24-11-2-1-3-12-24)18-14-16(22)6-9-19(18)23/h4-9,14,20H,1-3,10-13H2. The number of hydrogen-bond acceptors (Lipinski definition) is 3. The van der Waals surface area contributed by atoms with Crippen molar-refractivity contribution in [2.45, 2.75) is 35.8 Å². The summed E-state index contributed by atoms with van der Waals surface area (Å²) in [5.74, 6) is -1.36. The molecule has 2 aromatic carbocycles. The van der Waals surface area contributed by atoms with E-state index in [-0.39, 0.29) is 16.9 Å². The maximum atomic E-state index is 14.4. The molecule has 146 valence electrons. The first-order chi connectivity index (χ1) is 12.9. The van der Waals surface area contributed by atoms with Gasteiger partial charge in [0.2, 0.25) is 0 Å². The number of hydrogen-bond donors (Lipinski definition) is 0. The highest BCUT2D eigenvalue weighted by Gasteiger charge is 2.32. The molecule has 2 aromatic rings. The summed E-state index contributed by atoms with van der Waals surface area (Å²) in [6.45, 7) is 2.33. The molecule has 1 aliphatic heterocycles. The number of benzene rings is 2. The van der Waals surface area contributed by atoms with Gasteiger partial charge in [-0.3, -0.25) is 0 Å². The van der Waals surface area contributed by atoms with Crippen molar-refractivity contribution in [2.75, 3.05) is 19.6 Å². The van der Waals surface area contributed by atoms with Crippen LogP contribution in [0, 0.1) is 11.6 Å². The molecule has 1 heterocycles. The molecule has 0 bridgehead atoms. The van der Waals surface area contributed by atoms with Crippen LogP contribution >= 0.6 is 11.6 Å². The molecule has 3 nitrogen and oxygen atoms in total. The zero-order chi connectivity index (χ0) is 19.4. The van der Waals surface area contributed by atoms with Gasteiger partial charge in [0.05, 0.1) is 10.1 Å². The van der Waals surface area contributed by atoms with Crippen LogP contribution < -0.4 is 0 Å². The van der Waals surface area contributed by atoms with E-state index in [9.17, 15) is 17.2 Å². The molecule has 27 heavy (non-hydrogen) atoms. The molecule has 0 amide bonds. The normalized spacial score (nSPS) is 17.0. The lowest BCUT2D eigenvalue weighted by Crippen LogP contribution is -2.32. The molecule has 1 aliphatic rings. The van der Waals surface area contributed by atoms with Gasteiger partial charge in [-0.05, 0) is 81.4 Å². The zero-order valence-electron chi connectivity index (χ0n) is 14.9. The van der Waals surface area contributed by atoms with Gasteiger partial charge < -0.3 is 4.90 Å². The Balaban J connectivity index is 1.95. The molecule has 3 rings (SSSR count). The van der Waals surface area contributed by atoms with Crippen LogP contribution in [0.1, 0.15) is 36.5 Å². The van der Waals surface area contributed by atoms with E-state index in [1.807, 2.05) is 0 Å². The highest BCUT2D eigenvalue weighted by Crippen LogP contribution is 2.34. The minimum atomic E-state index is -3.90. The van der Waals surface area contributed by atoms with Crippen LogP contribution in [0.2, 0.25) is 5.02 Å². The topological polar surface area (TPSA) is 37.4 Å². The fourth-order valence-electron chi connectivity index (χ4n) is 3.51. The summed E-state index contributed by atoms with van der Waals surface area (Å²) in [6, 6.07) is 8.75. The van der Waals surface area contributed by atoms with Crippen LogP contribution in [0.4, 0.5) is 8.78 Å². The molecule has 1 saturated heterocycles. The number of piperidine rings is 1. The SMILES string of the molecule is O=S(=O)(c1ccc(Cl)cc1)C(CCN1CCCCC1)c1cc(F)ccc1F. The van der Waals surface area contributed by atoms with Gasteiger partial charge in [0, 0.05) is 10.6 Å². The fraction of sp³-hybridized carbons (Fsp3) is 0.400. The summed E-state index contributed by atoms with van der Waals surface area (Å²) in [5, 5.41) is -0.743. The summed E-state index contributed by atoms with van der Waals surface area (Å²) in [7, 11) is -3.90. The molecule has 0 saturated carbocycles. The van der Waals surface area contributed by atoms with Crippen molar-refractivity contribution >= 4 is 21.4 Å². The second kappa shape index (κ2) is 8.67. The second-order valence-corrected chi connectivity index (χ2v) is 9.41. The van der Waals surface area contributed by atoms with Crippen molar-refractivity contribution < 1.29 is 17.2 Å². The number of sulfone groups is 1. The van der Waals surface area contributed by atoms with Gasteiger partial charge in [-0.1, -0.05) is 18.0 Å². The fourth-order valence-corrected chi connectivity index (χ4v) is 5.41. The van der Waals surface area contributed by atoms with E-state index in [4.69, 9.17) is 11.6 Å². The van der Waals surface area contributed by atoms with Crippen molar-refractivity contribution in [3.05, 3.63) is 64.7 Å². The van der Waals surface area contributed by atoms with Gasteiger partial charge in [-0.25, -0.2) is 17.2 Å². The van der Waals surface area contributed by atoms with Crippen LogP contribution in [0.3, 0.4) is 0 Å². The molecule has 0 aromatic heterocycles. The molecule has 7 heteroatoms. The smallest absolute Gasteiger partial charge is 0.185 e. The number of likely N-dealkylation sites (tertiary alicyclic amines) is 1. The van der Waals surface area contributed by atoms with Crippen molar-refractivity contribution in [1.29, 1.82) is 0 Å². The third-order valence-electron chi connectivity index (χ3n) is 4.98. The van der Waals surface area contributed by atoms with E-state index >= 15 is 0 Å². The van der Waals surface area contributed by atoms with Gasteiger partial charge >= 0.3 is 0 Å². The van der Waals surface area contributed by atoms with Crippen LogP contribution in [-0.2, 0) is 9.84 Å². The zero-order valence-corrected chi connectivity index (χ0v) is 16.4. The van der Waals surface area contributed by atoms with E-state index in [1.165, 1.54) is 30.7 Å². The van der Waals surface area contributed by atoms with Crippen molar-refractivity contribution in [2.24, 2.45) is 0 Å². The summed E-state index contributed by atoms with van der Waals surface area (Å²) < 4.78 is 54.6. The summed E-state index contributed by atoms with van der Waals surface area (Å²) in [4.78, 5) is 2.24. The monoisotopic (exact) mass is 413 g/mol. The molecule has 1 unspecified atom stereocenters. The Hall–Kier alpha value is -1.50. The van der Waals surface area contributed by atoms with Crippen LogP contribution in [0.5, 0.6) is 0 Å². The third kappa shape index (κ3) is 4.86. The molecule has 0 N–H and O–H groups in total. The lowest BCUT2D eigenvalue weighted by atomic mass is 10.1. The molecule has 0 spiro atoms. The Labute approximate surface area is 163 Å². The van der Waals surface area contributed by atoms with Crippen LogP contribution in [-0.4, -0.2) is 33.0 Å². The first-order valence-electron chi connectivity index (χ1n) is 9.05. The van der Waals surface area contributed by atoms with E-state index in [0.717, 1.165) is 44.1 Å². The minimum absolute atomic E-state index is 0.0548. The van der Waals surface area contributed by atoms with Gasteiger partial charge in [-0.2, -0.15) is 0 Å². The Morgan fingerprint density at radius 1 is 1.00 bits per heavy atom. The Kier molecular flexibility index (Phi) is 6.50. The minimum Gasteiger partial charge on any atom is -0.303 e. The molecular formula is C20H22ClF2NO2S. The number of halogens is 3. The predicted molar refractivity (Wildman–Crippen MR) is 103 cm³/mol. The largest absolute Gasteiger partial charge is 0.303 e. The second-order valence-electron chi connectivity index (χ2n) is 6.84. The predicted octanol–water partition coefficient (Wildman–Crippen LogP) is 5.01. The third-order valence-corrected chi connectivity index (χ3v) is 7.40. The summed E-state index contributed by atoms with van der Waals surface area (Å²) >= 11 is 5.86. The quantitative estimate of drug-likeness (QED) is 0.668. The molecule has 0 radical (unpaired) electrons. The molecule has 1 atom stereocenters. The first-order valence-corrected chi connectivity index (χ1v) is 11.0. The molecule has 1 fully saturated rings. The highest BCUT2D eigenvalue weighted by molar-refractivity contribution is 7.91. The van der Waals surface area contributed by atoms with E-state index < -0.39 is 26.7 Å². The summed E-state index contributed by atoms with van der Waals surface area (Å²) in [6.07, 6.45) is 3.51. The van der Waals surface area contributed by atoms with Gasteiger partial charge in [0.15, 0.2) is 9.84 Å². The van der Waals surface area contributed by atoms with Crippen molar-refractivity contribution in [3.8, 4) is 0 Å². The maximum Gasteiger partial charge on any atom is 0.185 e. The lowest BCUT2D eigenvalue weighted by Gasteiger charge is -2.28. The average molecular weight is 414 g/mol. The Morgan fingerprint density at radius 3 is 2.33 bits per heavy atom. The van der Waals surface area contributed by atoms with E-state index in [1.54, 1.807) is 0 Å². The van der Waals surface area contributed by atoms with Gasteiger partial charge in [0.1, 0.15) is 11.6 Å². The first kappa shape index (κ1) is 20.2. The highest BCUT2D eigenvalue weighted by atomic mass is 35.5. The average Bonchev–Trinajstić information content (AvgIpc) is 2.65. The Bertz CT molecular complexity index is 881. The van der Waals surface area contributed by atoms with Crippen LogP contribution in [0.25, 0.3) is 0 Å². The van der Waals surface area contributed by atoms with Crippen molar-refractivity contribution in [1.82, 2.24) is 4.90 Å². The lowest BCUT2D eigenvalue weighted by molar-refractivity contribution is 0.225. The van der Waals surface area contributed by atoms with Gasteiger partial charge in [0.25, 0.3) is 0 Å². The van der Waals surface area contributed by atoms with Crippen LogP contribution in [0.15, 0.2) is 47.4 Å².